The van der Waals surface area contributed by atoms with Crippen LogP contribution in [0.15, 0.2) is 28.7 Å². The lowest BCUT2D eigenvalue weighted by Crippen LogP contribution is -2.21. The molecule has 1 fully saturated rings. The number of benzene rings is 1. The average Bonchev–Trinajstić information content (AvgIpc) is 2.31. The van der Waals surface area contributed by atoms with Crippen LogP contribution in [0.25, 0.3) is 0 Å². The molecule has 0 radical (unpaired) electrons. The normalized spacial score (nSPS) is 19.6. The van der Waals surface area contributed by atoms with Gasteiger partial charge in [-0.15, -0.1) is 0 Å². The molecule has 1 heterocycles. The molecule has 0 saturated carbocycles. The largest absolute Gasteiger partial charge is 0.381 e. The van der Waals surface area contributed by atoms with Crippen LogP contribution in [0.2, 0.25) is 0 Å². The molecule has 2 rings (SSSR count). The van der Waals surface area contributed by atoms with Gasteiger partial charge in [-0.1, -0.05) is 34.1 Å². The summed E-state index contributed by atoms with van der Waals surface area (Å²) in [7, 11) is 0. The summed E-state index contributed by atoms with van der Waals surface area (Å²) in [6.45, 7) is 1.79. The summed E-state index contributed by atoms with van der Waals surface area (Å²) in [6, 6.07) is 8.37. The summed E-state index contributed by atoms with van der Waals surface area (Å²) in [5, 5.41) is 0. The molecule has 0 spiro atoms. The smallest absolute Gasteiger partial charge is 0.0468 e. The molecular formula is C13H18BrNO. The van der Waals surface area contributed by atoms with Gasteiger partial charge >= 0.3 is 0 Å². The van der Waals surface area contributed by atoms with E-state index in [2.05, 4.69) is 28.1 Å². The van der Waals surface area contributed by atoms with Crippen molar-refractivity contribution in [2.45, 2.75) is 25.3 Å². The number of hydrogen-bond acceptors (Lipinski definition) is 2. The van der Waals surface area contributed by atoms with Gasteiger partial charge in [-0.25, -0.2) is 0 Å². The van der Waals surface area contributed by atoms with Crippen LogP contribution in [0.5, 0.6) is 0 Å². The van der Waals surface area contributed by atoms with Crippen molar-refractivity contribution in [1.29, 1.82) is 0 Å². The highest BCUT2D eigenvalue weighted by Crippen LogP contribution is 2.29. The van der Waals surface area contributed by atoms with Gasteiger partial charge in [-0.3, -0.25) is 0 Å². The number of rotatable bonds is 3. The van der Waals surface area contributed by atoms with E-state index in [0.29, 0.717) is 0 Å². The van der Waals surface area contributed by atoms with Crippen molar-refractivity contribution in [3.05, 3.63) is 34.3 Å². The lowest BCUT2D eigenvalue weighted by molar-refractivity contribution is 0.0618. The SMILES string of the molecule is NC(CC1CCOCC1)c1ccccc1Br. The quantitative estimate of drug-likeness (QED) is 0.924. The van der Waals surface area contributed by atoms with Crippen LogP contribution in [0.4, 0.5) is 0 Å². The fourth-order valence-corrected chi connectivity index (χ4v) is 2.82. The molecule has 1 atom stereocenters. The lowest BCUT2D eigenvalue weighted by Gasteiger charge is -2.25. The number of ether oxygens (including phenoxy) is 1. The van der Waals surface area contributed by atoms with Gasteiger partial charge < -0.3 is 10.5 Å². The molecule has 1 aromatic carbocycles. The highest BCUT2D eigenvalue weighted by molar-refractivity contribution is 9.10. The van der Waals surface area contributed by atoms with Crippen molar-refractivity contribution in [3.63, 3.8) is 0 Å². The van der Waals surface area contributed by atoms with Gasteiger partial charge in [0, 0.05) is 23.7 Å². The van der Waals surface area contributed by atoms with Crippen LogP contribution < -0.4 is 5.73 Å². The minimum Gasteiger partial charge on any atom is -0.381 e. The molecule has 0 aliphatic carbocycles. The highest BCUT2D eigenvalue weighted by atomic mass is 79.9. The van der Waals surface area contributed by atoms with E-state index in [-0.39, 0.29) is 6.04 Å². The van der Waals surface area contributed by atoms with Crippen molar-refractivity contribution < 1.29 is 4.74 Å². The zero-order chi connectivity index (χ0) is 11.4. The third-order valence-electron chi connectivity index (χ3n) is 3.23. The molecule has 1 aromatic rings. The summed E-state index contributed by atoms with van der Waals surface area (Å²) in [4.78, 5) is 0. The number of halogens is 1. The van der Waals surface area contributed by atoms with Crippen LogP contribution in [-0.4, -0.2) is 13.2 Å². The summed E-state index contributed by atoms with van der Waals surface area (Å²) in [5.74, 6) is 0.718. The number of nitrogens with two attached hydrogens (primary N) is 1. The molecule has 0 amide bonds. The van der Waals surface area contributed by atoms with E-state index < -0.39 is 0 Å². The molecular weight excluding hydrogens is 266 g/mol. The standard InChI is InChI=1S/C13H18BrNO/c14-12-4-2-1-3-11(12)13(15)9-10-5-7-16-8-6-10/h1-4,10,13H,5-9,15H2. The van der Waals surface area contributed by atoms with E-state index in [9.17, 15) is 0 Å². The Kier molecular flexibility index (Phi) is 4.38. The van der Waals surface area contributed by atoms with E-state index in [1.807, 2.05) is 12.1 Å². The maximum atomic E-state index is 6.26. The van der Waals surface area contributed by atoms with Crippen molar-refractivity contribution in [1.82, 2.24) is 0 Å². The van der Waals surface area contributed by atoms with Crippen LogP contribution >= 0.6 is 15.9 Å². The Labute approximate surface area is 105 Å². The van der Waals surface area contributed by atoms with E-state index >= 15 is 0 Å². The third kappa shape index (κ3) is 3.06. The topological polar surface area (TPSA) is 35.2 Å². The fraction of sp³-hybridized carbons (Fsp3) is 0.538. The molecule has 0 bridgehead atoms. The predicted octanol–water partition coefficient (Wildman–Crippen LogP) is 3.27. The highest BCUT2D eigenvalue weighted by Gasteiger charge is 2.18. The first-order valence-corrected chi connectivity index (χ1v) is 6.64. The Hall–Kier alpha value is -0.380. The van der Waals surface area contributed by atoms with Crippen molar-refractivity contribution in [3.8, 4) is 0 Å². The first-order chi connectivity index (χ1) is 7.77. The zero-order valence-corrected chi connectivity index (χ0v) is 10.9. The lowest BCUT2D eigenvalue weighted by atomic mass is 9.90. The molecule has 16 heavy (non-hydrogen) atoms. The van der Waals surface area contributed by atoms with Crippen molar-refractivity contribution >= 4 is 15.9 Å². The van der Waals surface area contributed by atoms with Gasteiger partial charge in [0.15, 0.2) is 0 Å². The van der Waals surface area contributed by atoms with E-state index in [0.717, 1.165) is 42.9 Å². The van der Waals surface area contributed by atoms with Gasteiger partial charge in [0.1, 0.15) is 0 Å². The van der Waals surface area contributed by atoms with Gasteiger partial charge in [0.2, 0.25) is 0 Å². The molecule has 2 nitrogen and oxygen atoms in total. The van der Waals surface area contributed by atoms with Gasteiger partial charge in [-0.05, 0) is 36.8 Å². The van der Waals surface area contributed by atoms with Crippen LogP contribution in [0, 0.1) is 5.92 Å². The van der Waals surface area contributed by atoms with Gasteiger partial charge in [0.25, 0.3) is 0 Å². The Bertz CT molecular complexity index is 336. The minimum atomic E-state index is 0.138. The summed E-state index contributed by atoms with van der Waals surface area (Å²) in [5.41, 5.74) is 7.47. The van der Waals surface area contributed by atoms with Crippen molar-refractivity contribution in [2.24, 2.45) is 11.7 Å². The van der Waals surface area contributed by atoms with Crippen LogP contribution in [-0.2, 0) is 4.74 Å². The Morgan fingerprint density at radius 2 is 2.00 bits per heavy atom. The fourth-order valence-electron chi connectivity index (χ4n) is 2.24. The van der Waals surface area contributed by atoms with Crippen molar-refractivity contribution in [2.75, 3.05) is 13.2 Å². The molecule has 1 aliphatic rings. The second kappa shape index (κ2) is 5.80. The first-order valence-electron chi connectivity index (χ1n) is 5.85. The molecule has 1 saturated heterocycles. The predicted molar refractivity (Wildman–Crippen MR) is 69.2 cm³/mol. The minimum absolute atomic E-state index is 0.138. The van der Waals surface area contributed by atoms with Crippen LogP contribution in [0.3, 0.4) is 0 Å². The maximum Gasteiger partial charge on any atom is 0.0468 e. The van der Waals surface area contributed by atoms with Gasteiger partial charge in [-0.2, -0.15) is 0 Å². The van der Waals surface area contributed by atoms with E-state index in [1.165, 1.54) is 5.56 Å². The van der Waals surface area contributed by atoms with E-state index in [4.69, 9.17) is 10.5 Å². The average molecular weight is 284 g/mol. The third-order valence-corrected chi connectivity index (χ3v) is 3.96. The van der Waals surface area contributed by atoms with Crippen LogP contribution in [0.1, 0.15) is 30.9 Å². The maximum absolute atomic E-state index is 6.26. The molecule has 2 N–H and O–H groups in total. The second-order valence-electron chi connectivity index (χ2n) is 4.42. The zero-order valence-electron chi connectivity index (χ0n) is 9.36. The molecule has 88 valence electrons. The molecule has 3 heteroatoms. The molecule has 1 unspecified atom stereocenters. The van der Waals surface area contributed by atoms with E-state index in [1.54, 1.807) is 0 Å². The first kappa shape index (κ1) is 12.1. The summed E-state index contributed by atoms with van der Waals surface area (Å²) < 4.78 is 6.48. The Morgan fingerprint density at radius 3 is 2.69 bits per heavy atom. The second-order valence-corrected chi connectivity index (χ2v) is 5.27. The monoisotopic (exact) mass is 283 g/mol. The molecule has 1 aliphatic heterocycles. The Balaban J connectivity index is 1.96. The summed E-state index contributed by atoms with van der Waals surface area (Å²) >= 11 is 3.56. The number of hydrogen-bond donors (Lipinski definition) is 1. The summed E-state index contributed by atoms with van der Waals surface area (Å²) in [6.07, 6.45) is 3.36. The van der Waals surface area contributed by atoms with Gasteiger partial charge in [0.05, 0.1) is 0 Å². The molecule has 0 aromatic heterocycles. The Morgan fingerprint density at radius 1 is 1.31 bits per heavy atom.